The molecule has 0 bridgehead atoms. The van der Waals surface area contributed by atoms with Crippen molar-refractivity contribution in [3.63, 3.8) is 0 Å². The number of carbonyl (C=O) groups excluding carboxylic acids is 2. The highest BCUT2D eigenvalue weighted by Gasteiger charge is 2.27. The number of anilines is 4. The number of carbonyl (C=O) groups is 2. The molecule has 2 aromatic rings. The van der Waals surface area contributed by atoms with Crippen molar-refractivity contribution in [2.75, 3.05) is 43.2 Å². The first-order valence-electron chi connectivity index (χ1n) is 14.0. The second-order valence-corrected chi connectivity index (χ2v) is 11.0. The summed E-state index contributed by atoms with van der Waals surface area (Å²) in [5, 5.41) is 11.5. The van der Waals surface area contributed by atoms with Gasteiger partial charge < -0.3 is 26.1 Å². The molecule has 4 N–H and O–H groups in total. The highest BCUT2D eigenvalue weighted by Crippen LogP contribution is 2.33. The molecular weight excluding hydrogens is 522 g/mol. The Morgan fingerprint density at radius 3 is 2.71 bits per heavy atom. The van der Waals surface area contributed by atoms with Gasteiger partial charge in [0.05, 0.1) is 29.7 Å². The van der Waals surface area contributed by atoms with Gasteiger partial charge in [0.1, 0.15) is 23.3 Å². The van der Waals surface area contributed by atoms with Crippen molar-refractivity contribution in [3.05, 3.63) is 29.6 Å². The SMILES string of the molecule is CCCNc1nc(Nc2cnc3c(c2)C(C)N(C)N3)ncc1C#CCCCNC(=O)[C@H](C)N(C)C(=O)OC(C)(C)C. The Balaban J connectivity index is 1.54. The van der Waals surface area contributed by atoms with Gasteiger partial charge in [-0.1, -0.05) is 18.8 Å². The highest BCUT2D eigenvalue weighted by molar-refractivity contribution is 5.85. The van der Waals surface area contributed by atoms with E-state index in [1.807, 2.05) is 12.1 Å². The molecule has 1 unspecified atom stereocenters. The fourth-order valence-electron chi connectivity index (χ4n) is 3.84. The predicted molar refractivity (Wildman–Crippen MR) is 161 cm³/mol. The van der Waals surface area contributed by atoms with Crippen LogP contribution in [0.3, 0.4) is 0 Å². The molecule has 0 saturated carbocycles. The molecule has 2 atom stereocenters. The molecule has 0 fully saturated rings. The lowest BCUT2D eigenvalue weighted by atomic mass is 10.1. The number of aromatic nitrogens is 3. The summed E-state index contributed by atoms with van der Waals surface area (Å²) >= 11 is 0. The van der Waals surface area contributed by atoms with E-state index in [0.29, 0.717) is 36.7 Å². The summed E-state index contributed by atoms with van der Waals surface area (Å²) in [5.41, 5.74) is 5.22. The standard InChI is InChI=1S/C29H43N9O3/c1-9-14-30-24-21(13-11-10-12-15-31-26(39)20(3)37(7)28(40)41-29(4,5)6)17-33-27(35-24)34-22-16-23-19(2)38(8)36-25(23)32-18-22/h16-20H,9-10,12,14-15H2,1-8H3,(H,31,39)(H,32,36)(H2,30,33,34,35)/t19?,20-/m0/s1. The van der Waals surface area contributed by atoms with Gasteiger partial charge in [-0.3, -0.25) is 9.69 Å². The molecule has 222 valence electrons. The largest absolute Gasteiger partial charge is 0.444 e. The van der Waals surface area contributed by atoms with Crippen LogP contribution < -0.4 is 21.4 Å². The summed E-state index contributed by atoms with van der Waals surface area (Å²) in [5.74, 6) is 8.02. The number of likely N-dealkylation sites (N-methyl/N-ethyl adjacent to an activating group) is 1. The molecule has 2 amide bonds. The van der Waals surface area contributed by atoms with Gasteiger partial charge in [-0.2, -0.15) is 4.98 Å². The number of pyridine rings is 1. The van der Waals surface area contributed by atoms with E-state index in [4.69, 9.17) is 4.74 Å². The summed E-state index contributed by atoms with van der Waals surface area (Å²) in [6, 6.07) is 1.60. The third kappa shape index (κ3) is 8.94. The van der Waals surface area contributed by atoms with Gasteiger partial charge in [0, 0.05) is 39.2 Å². The zero-order valence-electron chi connectivity index (χ0n) is 25.4. The minimum absolute atomic E-state index is 0.204. The molecule has 0 aromatic carbocycles. The van der Waals surface area contributed by atoms with Crippen LogP contribution in [-0.2, 0) is 9.53 Å². The van der Waals surface area contributed by atoms with E-state index in [1.165, 1.54) is 4.90 Å². The Hall–Kier alpha value is -4.11. The molecule has 12 nitrogen and oxygen atoms in total. The first-order chi connectivity index (χ1) is 19.4. The predicted octanol–water partition coefficient (Wildman–Crippen LogP) is 4.27. The van der Waals surface area contributed by atoms with Crippen LogP contribution in [0.4, 0.5) is 28.1 Å². The second-order valence-electron chi connectivity index (χ2n) is 11.0. The fourth-order valence-corrected chi connectivity index (χ4v) is 3.84. The summed E-state index contributed by atoms with van der Waals surface area (Å²) in [7, 11) is 3.54. The van der Waals surface area contributed by atoms with Gasteiger partial charge in [0.2, 0.25) is 11.9 Å². The summed E-state index contributed by atoms with van der Waals surface area (Å²) in [4.78, 5) is 39.6. The highest BCUT2D eigenvalue weighted by atomic mass is 16.6. The van der Waals surface area contributed by atoms with Crippen LogP contribution in [-0.4, -0.2) is 75.7 Å². The van der Waals surface area contributed by atoms with Gasteiger partial charge in [0.15, 0.2) is 0 Å². The van der Waals surface area contributed by atoms with Crippen LogP contribution in [0.25, 0.3) is 0 Å². The average molecular weight is 566 g/mol. The molecule has 3 rings (SSSR count). The Morgan fingerprint density at radius 1 is 1.24 bits per heavy atom. The Bertz CT molecular complexity index is 1280. The van der Waals surface area contributed by atoms with Gasteiger partial charge in [0.25, 0.3) is 0 Å². The van der Waals surface area contributed by atoms with Crippen molar-refractivity contribution in [1.29, 1.82) is 0 Å². The number of hydrazine groups is 1. The van der Waals surface area contributed by atoms with E-state index in [1.54, 1.807) is 47.1 Å². The van der Waals surface area contributed by atoms with Crippen LogP contribution >= 0.6 is 0 Å². The zero-order chi connectivity index (χ0) is 30.2. The van der Waals surface area contributed by atoms with Crippen molar-refractivity contribution < 1.29 is 14.3 Å². The fraction of sp³-hybridized carbons (Fsp3) is 0.552. The minimum atomic E-state index is -0.651. The van der Waals surface area contributed by atoms with Gasteiger partial charge in [-0.25, -0.2) is 19.8 Å². The number of hydrogen-bond acceptors (Lipinski definition) is 10. The minimum Gasteiger partial charge on any atom is -0.444 e. The third-order valence-corrected chi connectivity index (χ3v) is 6.46. The maximum Gasteiger partial charge on any atom is 0.410 e. The van der Waals surface area contributed by atoms with Crippen LogP contribution in [0.1, 0.15) is 78.0 Å². The number of unbranched alkanes of at least 4 members (excludes halogenated alkanes) is 1. The molecule has 2 aromatic heterocycles. The molecule has 12 heteroatoms. The normalized spacial score (nSPS) is 15.1. The number of ether oxygens (including phenoxy) is 1. The number of nitrogens with one attached hydrogen (secondary N) is 4. The monoisotopic (exact) mass is 565 g/mol. The zero-order valence-corrected chi connectivity index (χ0v) is 25.4. The van der Waals surface area contributed by atoms with Crippen LogP contribution in [0, 0.1) is 11.8 Å². The number of fused-ring (bicyclic) bond motifs is 1. The Morgan fingerprint density at radius 2 is 2.00 bits per heavy atom. The van der Waals surface area contributed by atoms with Crippen molar-refractivity contribution in [2.24, 2.45) is 0 Å². The van der Waals surface area contributed by atoms with E-state index >= 15 is 0 Å². The quantitative estimate of drug-likeness (QED) is 0.244. The van der Waals surface area contributed by atoms with Crippen molar-refractivity contribution in [2.45, 2.75) is 78.5 Å². The first kappa shape index (κ1) is 31.4. The van der Waals surface area contributed by atoms with E-state index in [0.717, 1.165) is 30.0 Å². The summed E-state index contributed by atoms with van der Waals surface area (Å²) in [6.45, 7) is 12.4. The summed E-state index contributed by atoms with van der Waals surface area (Å²) < 4.78 is 5.33. The topological polar surface area (TPSA) is 137 Å². The maximum atomic E-state index is 12.5. The molecule has 41 heavy (non-hydrogen) atoms. The van der Waals surface area contributed by atoms with Gasteiger partial charge in [-0.15, -0.1) is 0 Å². The lowest BCUT2D eigenvalue weighted by molar-refractivity contribution is -0.125. The Labute approximate surface area is 243 Å². The van der Waals surface area contributed by atoms with E-state index in [2.05, 4.69) is 68.1 Å². The first-order valence-corrected chi connectivity index (χ1v) is 14.0. The van der Waals surface area contributed by atoms with E-state index < -0.39 is 17.7 Å². The molecule has 3 heterocycles. The number of nitrogens with zero attached hydrogens (tertiary/aromatic N) is 5. The van der Waals surface area contributed by atoms with Crippen molar-refractivity contribution in [1.82, 2.24) is 30.2 Å². The van der Waals surface area contributed by atoms with Crippen LogP contribution in [0.15, 0.2) is 18.5 Å². The molecule has 0 spiro atoms. The number of amides is 2. The molecule has 0 saturated heterocycles. The molecular formula is C29H43N9O3. The molecule has 0 aliphatic carbocycles. The smallest absolute Gasteiger partial charge is 0.410 e. The van der Waals surface area contributed by atoms with Crippen LogP contribution in [0.2, 0.25) is 0 Å². The summed E-state index contributed by atoms with van der Waals surface area (Å²) in [6.07, 6.45) is 5.09. The van der Waals surface area contributed by atoms with Crippen LogP contribution in [0.5, 0.6) is 0 Å². The van der Waals surface area contributed by atoms with Gasteiger partial charge in [-0.05, 0) is 53.5 Å². The maximum absolute atomic E-state index is 12.5. The molecule has 1 aliphatic rings. The number of hydrogen-bond donors (Lipinski definition) is 4. The average Bonchev–Trinajstić information content (AvgIpc) is 3.20. The lowest BCUT2D eigenvalue weighted by Crippen LogP contribution is -2.47. The second kappa shape index (κ2) is 14.0. The van der Waals surface area contributed by atoms with Crippen molar-refractivity contribution >= 4 is 35.3 Å². The van der Waals surface area contributed by atoms with Gasteiger partial charge >= 0.3 is 6.09 Å². The molecule has 1 aliphatic heterocycles. The lowest BCUT2D eigenvalue weighted by Gasteiger charge is -2.28. The third-order valence-electron chi connectivity index (χ3n) is 6.46. The Kier molecular flexibility index (Phi) is 10.7. The van der Waals surface area contributed by atoms with E-state index in [9.17, 15) is 9.59 Å². The molecule has 0 radical (unpaired) electrons. The van der Waals surface area contributed by atoms with E-state index in [-0.39, 0.29) is 11.9 Å². The number of rotatable bonds is 10. The van der Waals surface area contributed by atoms with Crippen molar-refractivity contribution in [3.8, 4) is 11.8 Å².